The third kappa shape index (κ3) is 18.5. The molecule has 0 aromatic carbocycles. The van der Waals surface area contributed by atoms with Gasteiger partial charge in [0.25, 0.3) is 0 Å². The van der Waals surface area contributed by atoms with Crippen molar-refractivity contribution in [3.63, 3.8) is 0 Å². The quantitative estimate of drug-likeness (QED) is 0.401. The molecule has 0 radical (unpaired) electrons. The fraction of sp³-hybridized carbons (Fsp3) is 0. The average molecular weight is 458 g/mol. The van der Waals surface area contributed by atoms with Crippen molar-refractivity contribution in [2.75, 3.05) is 0 Å². The van der Waals surface area contributed by atoms with Crippen LogP contribution in [0.1, 0.15) is 11.1 Å². The molecule has 0 aliphatic heterocycles. The minimum Gasteiger partial charge on any atom is -0.753 e. The molecular formula is C14H12N6S4Zn. The number of hydrogen-bond acceptors (Lipinski definition) is 6. The smallest absolute Gasteiger partial charge is 0.753 e. The summed E-state index contributed by atoms with van der Waals surface area (Å²) in [6, 6.07) is 7.12. The summed E-state index contributed by atoms with van der Waals surface area (Å²) in [6.45, 7) is 0. The average Bonchev–Trinajstić information content (AvgIpc) is 2.58. The van der Waals surface area contributed by atoms with Gasteiger partial charge in [0.2, 0.25) is 0 Å². The number of hydrogen-bond donors (Lipinski definition) is 2. The molecule has 0 saturated carbocycles. The maximum absolute atomic E-state index is 7.13. The predicted octanol–water partition coefficient (Wildman–Crippen LogP) is 2.75. The van der Waals surface area contributed by atoms with Gasteiger partial charge in [-0.3, -0.25) is 9.97 Å². The van der Waals surface area contributed by atoms with E-state index in [1.807, 2.05) is 0 Å². The maximum atomic E-state index is 7.13. The van der Waals surface area contributed by atoms with Crippen LogP contribution in [-0.4, -0.2) is 30.3 Å². The van der Waals surface area contributed by atoms with Crippen LogP contribution in [0.5, 0.6) is 0 Å². The van der Waals surface area contributed by atoms with Crippen molar-refractivity contribution in [3.05, 3.63) is 71.0 Å². The van der Waals surface area contributed by atoms with Crippen LogP contribution in [0.25, 0.3) is 10.8 Å². The number of nitrogens with zero attached hydrogens (tertiary/aromatic N) is 4. The minimum absolute atomic E-state index is 0. The standard InChI is InChI=1S/2C6H6N2S.2CNS.Zn/c2*7-6(9)5-1-3-8-4-2-5;2*2-1-3;/h2*1-4H,(H2,7,9);;;/q;;2*-1;+2. The molecule has 11 heteroatoms. The number of aromatic nitrogens is 2. The second-order valence-corrected chi connectivity index (χ2v) is 4.63. The third-order valence-corrected chi connectivity index (χ3v) is 2.40. The van der Waals surface area contributed by atoms with Crippen LogP contribution >= 0.6 is 48.9 Å². The number of nitrogens with two attached hydrogens (primary N) is 2. The van der Waals surface area contributed by atoms with Gasteiger partial charge in [-0.1, -0.05) is 48.9 Å². The van der Waals surface area contributed by atoms with Crippen molar-refractivity contribution in [1.82, 2.24) is 9.97 Å². The Morgan fingerprint density at radius 1 is 0.760 bits per heavy atom. The van der Waals surface area contributed by atoms with Crippen LogP contribution in [0.2, 0.25) is 0 Å². The van der Waals surface area contributed by atoms with Gasteiger partial charge in [0.15, 0.2) is 0 Å². The molecule has 0 aliphatic rings. The third-order valence-electron chi connectivity index (χ3n) is 1.93. The van der Waals surface area contributed by atoms with Crippen molar-refractivity contribution in [1.29, 1.82) is 0 Å². The molecule has 2 heterocycles. The van der Waals surface area contributed by atoms with Gasteiger partial charge in [-0.2, -0.15) is 10.3 Å². The van der Waals surface area contributed by atoms with E-state index in [4.69, 9.17) is 46.7 Å². The Kier molecular flexibility index (Phi) is 22.9. The van der Waals surface area contributed by atoms with Gasteiger partial charge in [-0.15, -0.1) is 0 Å². The van der Waals surface area contributed by atoms with Crippen LogP contribution in [0.4, 0.5) is 0 Å². The zero-order valence-electron chi connectivity index (χ0n) is 12.9. The van der Waals surface area contributed by atoms with E-state index in [-0.39, 0.29) is 19.5 Å². The molecule has 0 atom stereocenters. The molecule has 2 aromatic heterocycles. The first-order valence-corrected chi connectivity index (χ1v) is 7.49. The van der Waals surface area contributed by atoms with E-state index >= 15 is 0 Å². The van der Waals surface area contributed by atoms with E-state index in [1.165, 1.54) is 10.3 Å². The summed E-state index contributed by atoms with van der Waals surface area (Å²) in [5.74, 6) is 0. The van der Waals surface area contributed by atoms with Gasteiger partial charge in [0.1, 0.15) is 9.98 Å². The summed E-state index contributed by atoms with van der Waals surface area (Å²) in [6.07, 6.45) is 6.64. The monoisotopic (exact) mass is 456 g/mol. The first-order valence-electron chi connectivity index (χ1n) is 5.86. The molecule has 25 heavy (non-hydrogen) atoms. The van der Waals surface area contributed by atoms with Crippen molar-refractivity contribution < 1.29 is 19.5 Å². The zero-order valence-corrected chi connectivity index (χ0v) is 19.1. The van der Waals surface area contributed by atoms with E-state index in [9.17, 15) is 0 Å². The molecule has 0 amide bonds. The molecule has 2 rings (SSSR count). The largest absolute Gasteiger partial charge is 2.00 e. The Labute approximate surface area is 180 Å². The molecule has 0 unspecified atom stereocenters. The van der Waals surface area contributed by atoms with E-state index < -0.39 is 0 Å². The summed E-state index contributed by atoms with van der Waals surface area (Å²) in [4.78, 5) is 8.45. The summed E-state index contributed by atoms with van der Waals surface area (Å²) in [7, 11) is 0. The second kappa shape index (κ2) is 20.3. The molecule has 2 aromatic rings. The first kappa shape index (κ1) is 28.1. The van der Waals surface area contributed by atoms with E-state index in [0.717, 1.165) is 11.1 Å². The molecular weight excluding hydrogens is 446 g/mol. The molecule has 0 saturated heterocycles. The van der Waals surface area contributed by atoms with Gasteiger partial charge in [0, 0.05) is 35.9 Å². The Morgan fingerprint density at radius 2 is 0.960 bits per heavy atom. The Balaban J connectivity index is -0.000000287. The maximum Gasteiger partial charge on any atom is 2.00 e. The summed E-state index contributed by atoms with van der Waals surface area (Å²) in [5.41, 5.74) is 12.4. The molecule has 0 spiro atoms. The summed E-state index contributed by atoms with van der Waals surface area (Å²) in [5, 5.41) is 16.9. The van der Waals surface area contributed by atoms with Crippen molar-refractivity contribution in [3.8, 4) is 0 Å². The second-order valence-electron chi connectivity index (χ2n) is 3.38. The van der Waals surface area contributed by atoms with Crippen molar-refractivity contribution in [2.45, 2.75) is 0 Å². The fourth-order valence-corrected chi connectivity index (χ4v) is 1.30. The van der Waals surface area contributed by atoms with Crippen molar-refractivity contribution in [2.24, 2.45) is 11.5 Å². The Bertz CT molecular complexity index is 623. The van der Waals surface area contributed by atoms with Crippen LogP contribution in [0.3, 0.4) is 0 Å². The van der Waals surface area contributed by atoms with Crippen LogP contribution < -0.4 is 11.5 Å². The summed E-state index contributed by atoms with van der Waals surface area (Å²) < 4.78 is 0. The van der Waals surface area contributed by atoms with Gasteiger partial charge >= 0.3 is 19.5 Å². The number of thiocarbonyl (C=S) groups is 4. The first-order chi connectivity index (χ1) is 11.4. The Hall–Kier alpha value is -1.70. The Morgan fingerprint density at radius 3 is 1.08 bits per heavy atom. The van der Waals surface area contributed by atoms with Crippen LogP contribution in [-0.2, 0) is 19.5 Å². The number of isothiocyanates is 2. The summed E-state index contributed by atoms with van der Waals surface area (Å²) >= 11 is 16.8. The molecule has 0 aliphatic carbocycles. The molecule has 0 fully saturated rings. The SMILES string of the molecule is NC(=S)c1ccncc1.NC(=S)c1ccncc1.[N-]=C=S.[N-]=C=S.[Zn+2]. The normalized spacial score (nSPS) is 7.04. The van der Waals surface area contributed by atoms with Gasteiger partial charge in [-0.25, -0.2) is 0 Å². The van der Waals surface area contributed by atoms with Crippen molar-refractivity contribution >= 4 is 69.2 Å². The van der Waals surface area contributed by atoms with Gasteiger partial charge < -0.3 is 22.3 Å². The molecule has 4 N–H and O–H groups in total. The zero-order chi connectivity index (χ0) is 18.8. The predicted molar refractivity (Wildman–Crippen MR) is 112 cm³/mol. The van der Waals surface area contributed by atoms with Gasteiger partial charge in [0.05, 0.1) is 0 Å². The van der Waals surface area contributed by atoms with Crippen LogP contribution in [0, 0.1) is 0 Å². The minimum atomic E-state index is 0. The number of pyridine rings is 2. The van der Waals surface area contributed by atoms with Crippen LogP contribution in [0.15, 0.2) is 49.1 Å². The van der Waals surface area contributed by atoms with E-state index in [2.05, 4.69) is 34.4 Å². The molecule has 6 nitrogen and oxygen atoms in total. The van der Waals surface area contributed by atoms with E-state index in [1.54, 1.807) is 49.1 Å². The fourth-order valence-electron chi connectivity index (χ4n) is 1.03. The number of rotatable bonds is 2. The topological polar surface area (TPSA) is 122 Å². The molecule has 0 bridgehead atoms. The van der Waals surface area contributed by atoms with Gasteiger partial charge in [-0.05, 0) is 24.3 Å². The van der Waals surface area contributed by atoms with E-state index in [0.29, 0.717) is 9.98 Å². The molecule has 124 valence electrons.